The van der Waals surface area contributed by atoms with Crippen LogP contribution in [0, 0.1) is 29.1 Å². The van der Waals surface area contributed by atoms with Crippen LogP contribution in [0.3, 0.4) is 0 Å². The number of carbonyl (C=O) groups excluding carboxylic acids is 1. The van der Waals surface area contributed by atoms with E-state index in [1.54, 1.807) is 23.6 Å². The third-order valence-electron chi connectivity index (χ3n) is 8.45. The average molecular weight is 599 g/mol. The number of methoxy groups -OCH3 is 1. The van der Waals surface area contributed by atoms with Gasteiger partial charge in [-0.2, -0.15) is 9.57 Å². The standard InChI is InChI=1S/C29H38N6O4S2/c1-39-26-13-12-25-28(32-26)40-29(31-25)33-27(36)24(20-21-6-2-3-7-21)22-8-4-9-23(11-10-22)41(37,38)35-18-16-34(17-19-35)15-5-14-30/h9-13,21-22,24H,2-8,15-20H2,1H3,(H,31,33,36). The van der Waals surface area contributed by atoms with E-state index in [4.69, 9.17) is 10.00 Å². The van der Waals surface area contributed by atoms with E-state index in [2.05, 4.69) is 26.3 Å². The first-order valence-electron chi connectivity index (χ1n) is 14.5. The van der Waals surface area contributed by atoms with Gasteiger partial charge in [0.1, 0.15) is 10.3 Å². The molecule has 1 N–H and O–H groups in total. The number of allylic oxidation sites excluding steroid dienone is 3. The maximum Gasteiger partial charge on any atom is 0.242 e. The van der Waals surface area contributed by atoms with Crippen LogP contribution >= 0.6 is 11.3 Å². The minimum absolute atomic E-state index is 0.0719. The zero-order chi connectivity index (χ0) is 28.8. The second-order valence-corrected chi connectivity index (χ2v) is 14.0. The number of nitrogens with one attached hydrogen (secondary N) is 1. The first-order chi connectivity index (χ1) is 19.9. The van der Waals surface area contributed by atoms with E-state index in [0.717, 1.165) is 19.3 Å². The van der Waals surface area contributed by atoms with Gasteiger partial charge in [0.05, 0.1) is 18.1 Å². The number of carbonyl (C=O) groups is 1. The lowest BCUT2D eigenvalue weighted by Crippen LogP contribution is -2.48. The normalized spacial score (nSPS) is 21.8. The molecular formula is C29H38N6O4S2. The molecule has 2 aromatic heterocycles. The van der Waals surface area contributed by atoms with E-state index in [-0.39, 0.29) is 17.7 Å². The van der Waals surface area contributed by atoms with Gasteiger partial charge in [-0.3, -0.25) is 9.69 Å². The summed E-state index contributed by atoms with van der Waals surface area (Å²) in [6, 6.07) is 5.73. The molecule has 2 aliphatic carbocycles. The summed E-state index contributed by atoms with van der Waals surface area (Å²) in [5.41, 5.74) is 0.706. The molecular weight excluding hydrogens is 560 g/mol. The number of thiazole rings is 1. The fourth-order valence-corrected chi connectivity index (χ4v) is 8.48. The number of ether oxygens (including phenoxy) is 1. The van der Waals surface area contributed by atoms with Crippen LogP contribution in [-0.2, 0) is 14.8 Å². The number of amides is 1. The Labute approximate surface area is 246 Å². The van der Waals surface area contributed by atoms with Gasteiger partial charge in [-0.25, -0.2) is 18.4 Å². The Bertz CT molecular complexity index is 1430. The largest absolute Gasteiger partial charge is 0.481 e. The van der Waals surface area contributed by atoms with E-state index in [0.29, 0.717) is 84.2 Å². The average Bonchev–Trinajstić information content (AvgIpc) is 3.57. The number of anilines is 1. The Kier molecular flexibility index (Phi) is 9.70. The molecule has 1 aliphatic heterocycles. The number of hydrogen-bond donors (Lipinski definition) is 1. The Morgan fingerprint density at radius 3 is 2.71 bits per heavy atom. The Morgan fingerprint density at radius 2 is 1.98 bits per heavy atom. The maximum absolute atomic E-state index is 13.8. The number of aromatic nitrogens is 2. The number of sulfonamides is 1. The maximum atomic E-state index is 13.8. The van der Waals surface area contributed by atoms with Gasteiger partial charge in [-0.15, -0.1) is 0 Å². The highest BCUT2D eigenvalue weighted by Gasteiger charge is 2.34. The van der Waals surface area contributed by atoms with Crippen molar-refractivity contribution in [1.82, 2.24) is 19.2 Å². The van der Waals surface area contributed by atoms with Crippen LogP contribution in [0.25, 0.3) is 10.3 Å². The van der Waals surface area contributed by atoms with E-state index >= 15 is 0 Å². The first-order valence-corrected chi connectivity index (χ1v) is 16.7. The Morgan fingerprint density at radius 1 is 1.20 bits per heavy atom. The number of fused-ring (bicyclic) bond motifs is 1. The molecule has 1 saturated heterocycles. The fourth-order valence-electron chi connectivity index (χ4n) is 6.12. The van der Waals surface area contributed by atoms with Crippen molar-refractivity contribution in [3.63, 3.8) is 0 Å². The summed E-state index contributed by atoms with van der Waals surface area (Å²) in [6.45, 7) is 2.74. The molecule has 2 atom stereocenters. The van der Waals surface area contributed by atoms with Crippen molar-refractivity contribution in [2.75, 3.05) is 45.2 Å². The lowest BCUT2D eigenvalue weighted by atomic mass is 9.81. The van der Waals surface area contributed by atoms with Crippen LogP contribution in [0.5, 0.6) is 5.88 Å². The molecule has 0 radical (unpaired) electrons. The predicted molar refractivity (Wildman–Crippen MR) is 160 cm³/mol. The number of piperazine rings is 1. The number of hydrogen-bond acceptors (Lipinski definition) is 9. The molecule has 0 aromatic carbocycles. The fraction of sp³-hybridized carbons (Fsp3) is 0.586. The van der Waals surface area contributed by atoms with Crippen molar-refractivity contribution >= 4 is 42.7 Å². The number of nitrogens with zero attached hydrogens (tertiary/aromatic N) is 5. The monoisotopic (exact) mass is 598 g/mol. The second kappa shape index (κ2) is 13.4. The summed E-state index contributed by atoms with van der Waals surface area (Å²) in [5.74, 6) is 0.577. The van der Waals surface area contributed by atoms with Gasteiger partial charge in [0.15, 0.2) is 5.13 Å². The quantitative estimate of drug-likeness (QED) is 0.422. The summed E-state index contributed by atoms with van der Waals surface area (Å²) in [7, 11) is -2.06. The number of rotatable bonds is 10. The van der Waals surface area contributed by atoms with Crippen LogP contribution in [0.4, 0.5) is 5.13 Å². The van der Waals surface area contributed by atoms with Crippen molar-refractivity contribution in [3.8, 4) is 11.9 Å². The zero-order valence-corrected chi connectivity index (χ0v) is 25.1. The van der Waals surface area contributed by atoms with Gasteiger partial charge < -0.3 is 10.1 Å². The molecule has 220 valence electrons. The van der Waals surface area contributed by atoms with Gasteiger partial charge in [0.2, 0.25) is 21.8 Å². The van der Waals surface area contributed by atoms with E-state index in [1.807, 2.05) is 18.2 Å². The highest BCUT2D eigenvalue weighted by molar-refractivity contribution is 7.93. The molecule has 3 heterocycles. The third-order valence-corrected chi connectivity index (χ3v) is 11.3. The lowest BCUT2D eigenvalue weighted by Gasteiger charge is -2.33. The van der Waals surface area contributed by atoms with Gasteiger partial charge in [-0.05, 0) is 43.2 Å². The molecule has 0 bridgehead atoms. The molecule has 2 unspecified atom stereocenters. The van der Waals surface area contributed by atoms with Crippen LogP contribution in [0.15, 0.2) is 35.3 Å². The summed E-state index contributed by atoms with van der Waals surface area (Å²) in [4.78, 5) is 25.9. The van der Waals surface area contributed by atoms with Crippen LogP contribution in [0.2, 0.25) is 0 Å². The molecule has 0 spiro atoms. The molecule has 5 rings (SSSR count). The lowest BCUT2D eigenvalue weighted by molar-refractivity contribution is -0.121. The molecule has 3 aliphatic rings. The predicted octanol–water partition coefficient (Wildman–Crippen LogP) is 4.55. The van der Waals surface area contributed by atoms with Gasteiger partial charge in [0.25, 0.3) is 0 Å². The van der Waals surface area contributed by atoms with Gasteiger partial charge >= 0.3 is 0 Å². The summed E-state index contributed by atoms with van der Waals surface area (Å²) in [5, 5.41) is 12.4. The highest BCUT2D eigenvalue weighted by Crippen LogP contribution is 2.37. The first kappa shape index (κ1) is 29.6. The van der Waals surface area contributed by atoms with E-state index in [9.17, 15) is 13.2 Å². The Hall–Kier alpha value is -2.85. The minimum Gasteiger partial charge on any atom is -0.481 e. The highest BCUT2D eigenvalue weighted by atomic mass is 32.2. The molecule has 1 amide bonds. The second-order valence-electron chi connectivity index (χ2n) is 11.0. The van der Waals surface area contributed by atoms with Gasteiger partial charge in [0, 0.05) is 51.1 Å². The molecule has 12 heteroatoms. The van der Waals surface area contributed by atoms with Crippen molar-refractivity contribution in [2.24, 2.45) is 17.8 Å². The van der Waals surface area contributed by atoms with Crippen LogP contribution in [-0.4, -0.2) is 73.3 Å². The molecule has 2 fully saturated rings. The van der Waals surface area contributed by atoms with Crippen molar-refractivity contribution < 1.29 is 17.9 Å². The number of nitriles is 1. The van der Waals surface area contributed by atoms with Crippen molar-refractivity contribution in [3.05, 3.63) is 35.3 Å². The number of pyridine rings is 1. The molecule has 1 saturated carbocycles. The van der Waals surface area contributed by atoms with Crippen molar-refractivity contribution in [1.29, 1.82) is 5.26 Å². The van der Waals surface area contributed by atoms with Gasteiger partial charge in [-0.1, -0.05) is 49.2 Å². The molecule has 10 nitrogen and oxygen atoms in total. The summed E-state index contributed by atoms with van der Waals surface area (Å²) in [6.07, 6.45) is 12.7. The topological polar surface area (TPSA) is 129 Å². The Balaban J connectivity index is 1.29. The zero-order valence-electron chi connectivity index (χ0n) is 23.5. The van der Waals surface area contributed by atoms with E-state index in [1.165, 1.54) is 24.2 Å². The SMILES string of the molecule is COc1ccc2nc(NC(=O)C(CC3CCCC3)C3C=CC(S(=O)(=O)N4CCN(CCC#N)CC4)=CCC3)sc2n1. The molecule has 2 aromatic rings. The smallest absolute Gasteiger partial charge is 0.242 e. The van der Waals surface area contributed by atoms with Crippen molar-refractivity contribution in [2.45, 2.75) is 51.4 Å². The third kappa shape index (κ3) is 7.15. The van der Waals surface area contributed by atoms with Crippen LogP contribution in [0.1, 0.15) is 51.4 Å². The van der Waals surface area contributed by atoms with E-state index < -0.39 is 10.0 Å². The molecule has 41 heavy (non-hydrogen) atoms. The summed E-state index contributed by atoms with van der Waals surface area (Å²) >= 11 is 1.32. The minimum atomic E-state index is -3.62. The summed E-state index contributed by atoms with van der Waals surface area (Å²) < 4.78 is 33.8. The van der Waals surface area contributed by atoms with Crippen LogP contribution < -0.4 is 10.1 Å².